The number of hydrogen-bond donors (Lipinski definition) is 1. The van der Waals surface area contributed by atoms with Crippen LogP contribution in [0.2, 0.25) is 0 Å². The molecule has 0 rings (SSSR count). The van der Waals surface area contributed by atoms with E-state index in [1.807, 2.05) is 21.1 Å². The lowest BCUT2D eigenvalue weighted by atomic mass is 10.0. The highest BCUT2D eigenvalue weighted by Gasteiger charge is 2.27. The largest absolute Gasteiger partial charge is 0.472 e. The molecule has 86 heavy (non-hydrogen) atoms. The van der Waals surface area contributed by atoms with Crippen molar-refractivity contribution in [3.8, 4) is 0 Å². The summed E-state index contributed by atoms with van der Waals surface area (Å²) in [6.07, 6.45) is 95.6. The minimum Gasteiger partial charge on any atom is -0.462 e. The fourth-order valence-corrected chi connectivity index (χ4v) is 10.1. The summed E-state index contributed by atoms with van der Waals surface area (Å²) in [5, 5.41) is 0. The molecule has 0 saturated heterocycles. The van der Waals surface area contributed by atoms with Crippen molar-refractivity contribution >= 4 is 19.8 Å². The first-order valence-corrected chi connectivity index (χ1v) is 36.4. The van der Waals surface area contributed by atoms with Gasteiger partial charge in [0.05, 0.1) is 27.7 Å². The van der Waals surface area contributed by atoms with Crippen LogP contribution in [0.5, 0.6) is 0 Å². The van der Waals surface area contributed by atoms with Crippen LogP contribution in [-0.2, 0) is 32.7 Å². The smallest absolute Gasteiger partial charge is 0.462 e. The van der Waals surface area contributed by atoms with Crippen LogP contribution in [0.1, 0.15) is 284 Å². The highest BCUT2D eigenvalue weighted by atomic mass is 31.2. The van der Waals surface area contributed by atoms with Gasteiger partial charge in [-0.25, -0.2) is 4.57 Å². The van der Waals surface area contributed by atoms with Crippen molar-refractivity contribution in [3.05, 3.63) is 134 Å². The summed E-state index contributed by atoms with van der Waals surface area (Å²) in [7, 11) is 1.46. The van der Waals surface area contributed by atoms with Crippen molar-refractivity contribution < 1.29 is 42.1 Å². The molecule has 0 aromatic rings. The highest BCUT2D eigenvalue weighted by molar-refractivity contribution is 7.47. The maximum absolute atomic E-state index is 12.9. The predicted molar refractivity (Wildman–Crippen MR) is 371 cm³/mol. The van der Waals surface area contributed by atoms with Crippen LogP contribution >= 0.6 is 7.82 Å². The number of rotatable bonds is 63. The van der Waals surface area contributed by atoms with Gasteiger partial charge < -0.3 is 18.9 Å². The standard InChI is InChI=1S/C76H130NO8P/c1-6-8-10-12-14-16-18-20-22-24-26-28-29-30-31-32-33-34-35-36-37-38-39-40-41-42-43-44-45-46-47-49-51-53-55-57-59-61-63-65-67-69-76(79)85-74(73-84-86(80,81)83-71-70-77(3,4)5)72-82-75(78)68-66-64-62-60-58-56-54-52-50-48-27-25-23-21-19-17-15-13-11-9-7-2/h8-11,14-17,20-23,26-28,30-31,33-34,48,52,54,74H,6-7,12-13,18-19,24-25,29,32,35-47,49-51,53,55-73H2,1-5H3/p+1/b10-8-,11-9-,16-14-,17-15-,22-20-,23-21-,28-26-,31-30-,34-33-,48-27-,54-52-. The van der Waals surface area contributed by atoms with E-state index in [0.29, 0.717) is 23.9 Å². The molecule has 0 bridgehead atoms. The van der Waals surface area contributed by atoms with Crippen LogP contribution in [0, 0.1) is 0 Å². The second kappa shape index (κ2) is 65.6. The van der Waals surface area contributed by atoms with Crippen molar-refractivity contribution in [3.63, 3.8) is 0 Å². The third kappa shape index (κ3) is 69.3. The van der Waals surface area contributed by atoms with Gasteiger partial charge in [-0.1, -0.05) is 295 Å². The van der Waals surface area contributed by atoms with Crippen LogP contribution in [0.25, 0.3) is 0 Å². The Bertz CT molecular complexity index is 1910. The molecular formula is C76H131NO8P+. The molecule has 0 fully saturated rings. The topological polar surface area (TPSA) is 108 Å². The summed E-state index contributed by atoms with van der Waals surface area (Å²) in [6.45, 7) is 4.19. The summed E-state index contributed by atoms with van der Waals surface area (Å²) >= 11 is 0. The quantitative estimate of drug-likeness (QED) is 0.0211. The Labute approximate surface area is 530 Å². The zero-order valence-corrected chi connectivity index (χ0v) is 56.9. The normalized spacial score (nSPS) is 14.0. The molecular weight excluding hydrogens is 1090 g/mol. The van der Waals surface area contributed by atoms with Gasteiger partial charge >= 0.3 is 19.8 Å². The average Bonchev–Trinajstić information content (AvgIpc) is 3.70. The van der Waals surface area contributed by atoms with E-state index >= 15 is 0 Å². The molecule has 0 saturated carbocycles. The summed E-state index contributed by atoms with van der Waals surface area (Å²) in [5.41, 5.74) is 0. The molecule has 10 heteroatoms. The van der Waals surface area contributed by atoms with E-state index in [1.165, 1.54) is 122 Å². The SMILES string of the molecule is CC/C=C\C/C=C\C/C=C\C/C=C\C/C=C\C/C=C\CCCCCCCCCCCCCCCCCCCCCCCCC(=O)OC(COC(=O)CCCCCCC/C=C\C/C=C\C/C=C\C/C=C\C/C=C\CC)COP(=O)(O)OCC[N+](C)(C)C. The molecule has 0 amide bonds. The van der Waals surface area contributed by atoms with E-state index in [9.17, 15) is 19.0 Å². The lowest BCUT2D eigenvalue weighted by Gasteiger charge is -2.24. The Morgan fingerprint density at radius 2 is 0.628 bits per heavy atom. The Hall–Kier alpha value is -3.85. The fraction of sp³-hybridized carbons (Fsp3) is 0.684. The van der Waals surface area contributed by atoms with E-state index in [2.05, 4.69) is 148 Å². The molecule has 1 N–H and O–H groups in total. The van der Waals surface area contributed by atoms with E-state index in [4.69, 9.17) is 18.5 Å². The maximum atomic E-state index is 12.9. The number of esters is 2. The van der Waals surface area contributed by atoms with Crippen LogP contribution in [0.15, 0.2) is 134 Å². The van der Waals surface area contributed by atoms with Crippen molar-refractivity contribution in [1.82, 2.24) is 0 Å². The number of carbonyl (C=O) groups excluding carboxylic acids is 2. The van der Waals surface area contributed by atoms with E-state index in [-0.39, 0.29) is 32.0 Å². The molecule has 0 spiro atoms. The molecule has 0 aromatic carbocycles. The Morgan fingerprint density at radius 1 is 0.360 bits per heavy atom. The number of nitrogens with zero attached hydrogens (tertiary/aromatic N) is 1. The van der Waals surface area contributed by atoms with Crippen molar-refractivity contribution in [1.29, 1.82) is 0 Å². The van der Waals surface area contributed by atoms with E-state index in [1.54, 1.807) is 0 Å². The molecule has 0 aromatic heterocycles. The molecule has 2 unspecified atom stereocenters. The second-order valence-electron chi connectivity index (χ2n) is 24.2. The first kappa shape index (κ1) is 82.1. The van der Waals surface area contributed by atoms with Crippen molar-refractivity contribution in [2.45, 2.75) is 290 Å². The third-order valence-electron chi connectivity index (χ3n) is 14.7. The van der Waals surface area contributed by atoms with Gasteiger partial charge in [0.25, 0.3) is 0 Å². The number of ether oxygens (including phenoxy) is 2. The number of likely N-dealkylation sites (N-methyl/N-ethyl adjacent to an activating group) is 1. The number of quaternary nitrogens is 1. The van der Waals surface area contributed by atoms with Gasteiger partial charge in [-0.15, -0.1) is 0 Å². The van der Waals surface area contributed by atoms with E-state index < -0.39 is 26.5 Å². The molecule has 9 nitrogen and oxygen atoms in total. The van der Waals surface area contributed by atoms with Gasteiger partial charge in [0.2, 0.25) is 0 Å². The zero-order valence-electron chi connectivity index (χ0n) is 56.0. The summed E-state index contributed by atoms with van der Waals surface area (Å²) in [4.78, 5) is 35.8. The van der Waals surface area contributed by atoms with Crippen molar-refractivity contribution in [2.24, 2.45) is 0 Å². The lowest BCUT2D eigenvalue weighted by molar-refractivity contribution is -0.870. The van der Waals surface area contributed by atoms with Gasteiger partial charge in [0.15, 0.2) is 6.10 Å². The van der Waals surface area contributed by atoms with Crippen LogP contribution in [0.4, 0.5) is 0 Å². The summed E-state index contributed by atoms with van der Waals surface area (Å²) in [5.74, 6) is -0.817. The predicted octanol–water partition coefficient (Wildman–Crippen LogP) is 22.8. The molecule has 2 atom stereocenters. The van der Waals surface area contributed by atoms with Gasteiger partial charge in [-0.3, -0.25) is 18.6 Å². The maximum Gasteiger partial charge on any atom is 0.472 e. The zero-order chi connectivity index (χ0) is 62.6. The summed E-state index contributed by atoms with van der Waals surface area (Å²) in [6, 6.07) is 0. The van der Waals surface area contributed by atoms with Crippen LogP contribution < -0.4 is 0 Å². The van der Waals surface area contributed by atoms with Gasteiger partial charge in [-0.05, 0) is 109 Å². The Balaban J connectivity index is 3.99. The number of carbonyl (C=O) groups is 2. The lowest BCUT2D eigenvalue weighted by Crippen LogP contribution is -2.37. The monoisotopic (exact) mass is 1220 g/mol. The Kier molecular flexibility index (Phi) is 62.7. The van der Waals surface area contributed by atoms with Crippen LogP contribution in [-0.4, -0.2) is 74.9 Å². The third-order valence-corrected chi connectivity index (χ3v) is 15.7. The van der Waals surface area contributed by atoms with Gasteiger partial charge in [-0.2, -0.15) is 0 Å². The number of allylic oxidation sites excluding steroid dienone is 22. The number of hydrogen-bond acceptors (Lipinski definition) is 7. The molecule has 0 aliphatic rings. The van der Waals surface area contributed by atoms with E-state index in [0.717, 1.165) is 122 Å². The van der Waals surface area contributed by atoms with Gasteiger partial charge in [0, 0.05) is 12.8 Å². The molecule has 492 valence electrons. The highest BCUT2D eigenvalue weighted by Crippen LogP contribution is 2.43. The van der Waals surface area contributed by atoms with Crippen LogP contribution in [0.3, 0.4) is 0 Å². The van der Waals surface area contributed by atoms with Crippen molar-refractivity contribution in [2.75, 3.05) is 47.5 Å². The minimum atomic E-state index is -4.40. The number of phosphoric ester groups is 1. The molecule has 0 heterocycles. The number of unbranched alkanes of at least 4 members (excludes halogenated alkanes) is 27. The fourth-order valence-electron chi connectivity index (χ4n) is 9.40. The Morgan fingerprint density at radius 3 is 0.930 bits per heavy atom. The first-order chi connectivity index (χ1) is 42.0. The average molecular weight is 1220 g/mol. The minimum absolute atomic E-state index is 0.0239. The van der Waals surface area contributed by atoms with Gasteiger partial charge in [0.1, 0.15) is 19.8 Å². The summed E-state index contributed by atoms with van der Waals surface area (Å²) < 4.78 is 34.7. The first-order valence-electron chi connectivity index (χ1n) is 34.9. The second-order valence-corrected chi connectivity index (χ2v) is 25.6. The molecule has 0 radical (unpaired) electrons. The molecule has 0 aliphatic heterocycles. The molecule has 0 aliphatic carbocycles. The number of phosphoric acid groups is 1.